The third-order valence-electron chi connectivity index (χ3n) is 0.711. The van der Waals surface area contributed by atoms with Crippen molar-refractivity contribution in [2.45, 2.75) is 13.0 Å². The van der Waals surface area contributed by atoms with Gasteiger partial charge in [0.1, 0.15) is 0 Å². The van der Waals surface area contributed by atoms with Crippen LogP contribution in [0, 0.1) is 0 Å². The van der Waals surface area contributed by atoms with Crippen LogP contribution >= 0.6 is 0 Å². The zero-order chi connectivity index (χ0) is 7.28. The van der Waals surface area contributed by atoms with E-state index in [1.54, 1.807) is 14.1 Å². The van der Waals surface area contributed by atoms with Gasteiger partial charge in [-0.15, -0.1) is 0 Å². The van der Waals surface area contributed by atoms with Gasteiger partial charge in [0.05, 0.1) is 12.7 Å². The number of epoxide rings is 1. The summed E-state index contributed by atoms with van der Waals surface area (Å²) in [7, 11) is 3.38. The van der Waals surface area contributed by atoms with Crippen molar-refractivity contribution in [3.8, 4) is 0 Å². The van der Waals surface area contributed by atoms with Gasteiger partial charge in [-0.2, -0.15) is 0 Å². The summed E-state index contributed by atoms with van der Waals surface area (Å²) in [5.74, 6) is 0. The lowest BCUT2D eigenvalue weighted by atomic mass is 10.6. The topological polar surface area (TPSA) is 32.8 Å². The fourth-order valence-corrected chi connectivity index (χ4v) is 0.0962. The van der Waals surface area contributed by atoms with Gasteiger partial charge in [-0.1, -0.05) is 0 Å². The number of hydrogen-bond acceptors (Lipinski definition) is 2. The van der Waals surface area contributed by atoms with Crippen molar-refractivity contribution in [1.82, 2.24) is 4.90 Å². The highest BCUT2D eigenvalue weighted by atomic mass is 16.6. The van der Waals surface area contributed by atoms with Crippen LogP contribution in [0.3, 0.4) is 0 Å². The van der Waals surface area contributed by atoms with E-state index in [-0.39, 0.29) is 0 Å². The third-order valence-corrected chi connectivity index (χ3v) is 0.711. The molecule has 0 saturated carbocycles. The second kappa shape index (κ2) is 4.32. The quantitative estimate of drug-likeness (QED) is 0.374. The SMILES string of the molecule is CC1CO1.CN(C)C=O. The van der Waals surface area contributed by atoms with E-state index in [4.69, 9.17) is 4.74 Å². The molecule has 3 heteroatoms. The van der Waals surface area contributed by atoms with Crippen LogP contribution in [0.15, 0.2) is 0 Å². The van der Waals surface area contributed by atoms with Crippen LogP contribution in [0.2, 0.25) is 0 Å². The minimum absolute atomic E-state index is 0.583. The molecule has 1 fully saturated rings. The van der Waals surface area contributed by atoms with E-state index in [9.17, 15) is 4.79 Å². The molecule has 9 heavy (non-hydrogen) atoms. The van der Waals surface area contributed by atoms with Gasteiger partial charge < -0.3 is 9.64 Å². The van der Waals surface area contributed by atoms with E-state index in [1.807, 2.05) is 0 Å². The molecule has 0 N–H and O–H groups in total. The lowest BCUT2D eigenvalue weighted by Crippen LogP contribution is -2.06. The van der Waals surface area contributed by atoms with E-state index >= 15 is 0 Å². The van der Waals surface area contributed by atoms with Gasteiger partial charge in [0.2, 0.25) is 6.41 Å². The summed E-state index contributed by atoms with van der Waals surface area (Å²) >= 11 is 0. The predicted molar refractivity (Wildman–Crippen MR) is 35.2 cm³/mol. The molecule has 1 atom stereocenters. The average Bonchev–Trinajstić information content (AvgIpc) is 2.53. The normalized spacial score (nSPS) is 21.4. The van der Waals surface area contributed by atoms with Crippen molar-refractivity contribution >= 4 is 6.41 Å². The molecular weight excluding hydrogens is 118 g/mol. The summed E-state index contributed by atoms with van der Waals surface area (Å²) in [5, 5.41) is 0. The molecule has 0 aromatic heterocycles. The molecule has 1 aliphatic rings. The summed E-state index contributed by atoms with van der Waals surface area (Å²) in [6, 6.07) is 0. The van der Waals surface area contributed by atoms with Crippen molar-refractivity contribution in [3.05, 3.63) is 0 Å². The lowest BCUT2D eigenvalue weighted by Gasteiger charge is -1.93. The second-order valence-electron chi connectivity index (χ2n) is 2.21. The Labute approximate surface area is 55.6 Å². The Morgan fingerprint density at radius 2 is 1.89 bits per heavy atom. The van der Waals surface area contributed by atoms with Gasteiger partial charge in [-0.05, 0) is 6.92 Å². The van der Waals surface area contributed by atoms with Crippen molar-refractivity contribution in [3.63, 3.8) is 0 Å². The Kier molecular flexibility index (Phi) is 4.05. The number of carbonyl (C=O) groups is 1. The molecule has 1 heterocycles. The van der Waals surface area contributed by atoms with E-state index in [0.717, 1.165) is 13.0 Å². The maximum absolute atomic E-state index is 9.43. The number of hydrogen-bond donors (Lipinski definition) is 0. The first-order valence-corrected chi connectivity index (χ1v) is 2.90. The summed E-state index contributed by atoms with van der Waals surface area (Å²) in [6.07, 6.45) is 1.33. The fourth-order valence-electron chi connectivity index (χ4n) is 0.0962. The van der Waals surface area contributed by atoms with Gasteiger partial charge >= 0.3 is 0 Å². The zero-order valence-corrected chi connectivity index (χ0v) is 6.13. The van der Waals surface area contributed by atoms with E-state index < -0.39 is 0 Å². The van der Waals surface area contributed by atoms with E-state index in [0.29, 0.717) is 6.10 Å². The Morgan fingerprint density at radius 1 is 1.67 bits per heavy atom. The molecule has 0 bridgehead atoms. The number of rotatable bonds is 1. The molecular formula is C6H13NO2. The molecule has 1 aliphatic heterocycles. The first kappa shape index (κ1) is 8.43. The van der Waals surface area contributed by atoms with Gasteiger partial charge in [0.25, 0.3) is 0 Å². The van der Waals surface area contributed by atoms with E-state index in [2.05, 4.69) is 6.92 Å². The molecule has 54 valence electrons. The minimum atomic E-state index is 0.583. The van der Waals surface area contributed by atoms with Crippen LogP contribution in [0.1, 0.15) is 6.92 Å². The van der Waals surface area contributed by atoms with Crippen LogP contribution in [-0.2, 0) is 9.53 Å². The standard InChI is InChI=1S/C3H7NO.C3H6O/c1-4(2)3-5;1-3-2-4-3/h3H,1-2H3;3H,2H2,1H3. The largest absolute Gasteiger partial charge is 0.373 e. The van der Waals surface area contributed by atoms with Crippen LogP contribution in [0.5, 0.6) is 0 Å². The number of nitrogens with zero attached hydrogens (tertiary/aromatic N) is 1. The average molecular weight is 131 g/mol. The Bertz CT molecular complexity index is 79.1. The molecule has 1 saturated heterocycles. The minimum Gasteiger partial charge on any atom is -0.373 e. The number of amides is 1. The summed E-state index contributed by atoms with van der Waals surface area (Å²) in [5.41, 5.74) is 0. The second-order valence-corrected chi connectivity index (χ2v) is 2.21. The first-order valence-electron chi connectivity index (χ1n) is 2.90. The zero-order valence-electron chi connectivity index (χ0n) is 6.13. The van der Waals surface area contributed by atoms with Crippen molar-refractivity contribution in [2.24, 2.45) is 0 Å². The highest BCUT2D eigenvalue weighted by Gasteiger charge is 2.13. The van der Waals surface area contributed by atoms with Crippen LogP contribution < -0.4 is 0 Å². The molecule has 1 amide bonds. The molecule has 0 spiro atoms. The van der Waals surface area contributed by atoms with E-state index in [1.165, 1.54) is 4.90 Å². The van der Waals surface area contributed by atoms with Gasteiger partial charge in [-0.3, -0.25) is 4.79 Å². The molecule has 0 aliphatic carbocycles. The Hall–Kier alpha value is -0.570. The van der Waals surface area contributed by atoms with Crippen molar-refractivity contribution in [1.29, 1.82) is 0 Å². The smallest absolute Gasteiger partial charge is 0.209 e. The summed E-state index contributed by atoms with van der Waals surface area (Å²) in [4.78, 5) is 10.9. The number of carbonyl (C=O) groups excluding carboxylic acids is 1. The molecule has 0 aromatic carbocycles. The first-order chi connectivity index (χ1) is 4.16. The van der Waals surface area contributed by atoms with Crippen LogP contribution in [0.25, 0.3) is 0 Å². The highest BCUT2D eigenvalue weighted by Crippen LogP contribution is 2.04. The van der Waals surface area contributed by atoms with Crippen molar-refractivity contribution in [2.75, 3.05) is 20.7 Å². The summed E-state index contributed by atoms with van der Waals surface area (Å²) < 4.78 is 4.71. The third kappa shape index (κ3) is 11.2. The molecule has 1 rings (SSSR count). The summed E-state index contributed by atoms with van der Waals surface area (Å²) in [6.45, 7) is 3.04. The predicted octanol–water partition coefficient (Wildman–Crippen LogP) is 0.109. The van der Waals surface area contributed by atoms with Crippen LogP contribution in [-0.4, -0.2) is 38.1 Å². The Morgan fingerprint density at radius 3 is 1.89 bits per heavy atom. The van der Waals surface area contributed by atoms with Gasteiger partial charge in [-0.25, -0.2) is 0 Å². The molecule has 0 radical (unpaired) electrons. The Balaban J connectivity index is 0.000000144. The highest BCUT2D eigenvalue weighted by molar-refractivity contribution is 5.45. The molecule has 0 aromatic rings. The maximum Gasteiger partial charge on any atom is 0.209 e. The molecule has 1 unspecified atom stereocenters. The fraction of sp³-hybridized carbons (Fsp3) is 0.833. The monoisotopic (exact) mass is 131 g/mol. The van der Waals surface area contributed by atoms with Crippen molar-refractivity contribution < 1.29 is 9.53 Å². The number of ether oxygens (including phenoxy) is 1. The van der Waals surface area contributed by atoms with Gasteiger partial charge in [0, 0.05) is 14.1 Å². The maximum atomic E-state index is 9.43. The van der Waals surface area contributed by atoms with Crippen LogP contribution in [0.4, 0.5) is 0 Å². The lowest BCUT2D eigenvalue weighted by molar-refractivity contribution is -0.115. The van der Waals surface area contributed by atoms with Gasteiger partial charge in [0.15, 0.2) is 0 Å². The molecule has 3 nitrogen and oxygen atoms in total.